The lowest BCUT2D eigenvalue weighted by Gasteiger charge is -2.39. The molecule has 0 amide bonds. The highest BCUT2D eigenvalue weighted by Crippen LogP contribution is 2.42. The van der Waals surface area contributed by atoms with E-state index in [-0.39, 0.29) is 11.8 Å². The zero-order chi connectivity index (χ0) is 23.4. The van der Waals surface area contributed by atoms with Gasteiger partial charge in [-0.1, -0.05) is 11.6 Å². The number of piperidine rings is 1. The first-order valence-electron chi connectivity index (χ1n) is 11.4. The van der Waals surface area contributed by atoms with Crippen LogP contribution in [0.4, 0.5) is 24.8 Å². The SMILES string of the molecule is FC(F)(F)COc1ccc(C2CC2)n2nc(NC3[C@@H]4CC[C@H]3CN(c3cnnc(Cl)c3)C4)nc12. The summed E-state index contributed by atoms with van der Waals surface area (Å²) < 4.78 is 44.9. The Balaban J connectivity index is 1.24. The van der Waals surface area contributed by atoms with E-state index in [1.165, 1.54) is 0 Å². The zero-order valence-corrected chi connectivity index (χ0v) is 18.9. The summed E-state index contributed by atoms with van der Waals surface area (Å²) in [7, 11) is 0. The maximum absolute atomic E-state index is 12.7. The quantitative estimate of drug-likeness (QED) is 0.547. The van der Waals surface area contributed by atoms with Gasteiger partial charge in [0.25, 0.3) is 0 Å². The Morgan fingerprint density at radius 3 is 2.56 bits per heavy atom. The molecule has 0 aromatic carbocycles. The lowest BCUT2D eigenvalue weighted by Crippen LogP contribution is -2.48. The predicted octanol–water partition coefficient (Wildman–Crippen LogP) is 4.32. The van der Waals surface area contributed by atoms with Crippen LogP contribution in [0.5, 0.6) is 5.75 Å². The third-order valence-corrected chi connectivity index (χ3v) is 7.15. The van der Waals surface area contributed by atoms with E-state index in [1.54, 1.807) is 22.8 Å². The molecular formula is C22H23ClF3N7O. The molecule has 1 unspecified atom stereocenters. The molecule has 3 aromatic rings. The molecule has 3 aliphatic rings. The van der Waals surface area contributed by atoms with Crippen LogP contribution >= 0.6 is 11.6 Å². The van der Waals surface area contributed by atoms with Gasteiger partial charge >= 0.3 is 6.18 Å². The number of nitrogens with one attached hydrogen (secondary N) is 1. The molecule has 3 atom stereocenters. The maximum atomic E-state index is 12.7. The van der Waals surface area contributed by atoms with E-state index in [1.807, 2.05) is 6.07 Å². The van der Waals surface area contributed by atoms with Gasteiger partial charge < -0.3 is 15.0 Å². The fourth-order valence-electron chi connectivity index (χ4n) is 5.30. The number of pyridine rings is 1. The Bertz CT molecular complexity index is 1200. The van der Waals surface area contributed by atoms with E-state index >= 15 is 0 Å². The first kappa shape index (κ1) is 21.7. The minimum atomic E-state index is -4.42. The molecule has 2 aliphatic carbocycles. The molecule has 1 aliphatic heterocycles. The lowest BCUT2D eigenvalue weighted by molar-refractivity contribution is -0.153. The summed E-state index contributed by atoms with van der Waals surface area (Å²) in [6, 6.07) is 5.38. The van der Waals surface area contributed by atoms with Crippen LogP contribution in [0, 0.1) is 11.8 Å². The van der Waals surface area contributed by atoms with Crippen LogP contribution in [0.3, 0.4) is 0 Å². The highest BCUT2D eigenvalue weighted by Gasteiger charge is 2.43. The molecular weight excluding hydrogens is 471 g/mol. The maximum Gasteiger partial charge on any atom is 0.422 e. The molecule has 2 saturated carbocycles. The molecule has 34 heavy (non-hydrogen) atoms. The van der Waals surface area contributed by atoms with E-state index in [0.29, 0.717) is 34.5 Å². The second kappa shape index (κ2) is 8.14. The molecule has 0 radical (unpaired) electrons. The van der Waals surface area contributed by atoms with Crippen LogP contribution in [0.2, 0.25) is 5.15 Å². The van der Waals surface area contributed by atoms with E-state index in [2.05, 4.69) is 30.5 Å². The van der Waals surface area contributed by atoms with Gasteiger partial charge in [-0.15, -0.1) is 10.2 Å². The Labute approximate surface area is 198 Å². The van der Waals surface area contributed by atoms with E-state index in [4.69, 9.17) is 16.3 Å². The largest absolute Gasteiger partial charge is 0.480 e. The van der Waals surface area contributed by atoms with Gasteiger partial charge in [-0.2, -0.15) is 23.3 Å². The molecule has 0 spiro atoms. The lowest BCUT2D eigenvalue weighted by atomic mass is 9.92. The number of ether oxygens (including phenoxy) is 1. The van der Waals surface area contributed by atoms with Gasteiger partial charge in [-0.25, -0.2) is 4.52 Å². The van der Waals surface area contributed by atoms with Crippen molar-refractivity contribution in [3.8, 4) is 5.75 Å². The highest BCUT2D eigenvalue weighted by molar-refractivity contribution is 6.29. The van der Waals surface area contributed by atoms with Gasteiger partial charge in [-0.3, -0.25) is 0 Å². The molecule has 1 N–H and O–H groups in total. The fourth-order valence-corrected chi connectivity index (χ4v) is 5.46. The number of anilines is 2. The van der Waals surface area contributed by atoms with Gasteiger partial charge in [0, 0.05) is 36.8 Å². The third-order valence-electron chi connectivity index (χ3n) is 6.97. The average molecular weight is 494 g/mol. The smallest absolute Gasteiger partial charge is 0.422 e. The molecule has 4 heterocycles. The van der Waals surface area contributed by atoms with Crippen molar-refractivity contribution in [3.05, 3.63) is 35.2 Å². The number of halogens is 4. The summed E-state index contributed by atoms with van der Waals surface area (Å²) in [6.45, 7) is 0.325. The van der Waals surface area contributed by atoms with Gasteiger partial charge in [0.2, 0.25) is 5.95 Å². The standard InChI is InChI=1S/C22H23ClF3N7O/c23-18-7-15(8-27-30-18)32-9-13-3-4-14(10-32)19(13)28-21-29-20-17(34-11-22(24,25)26)6-5-16(12-1-2-12)33(20)31-21/h5-8,12-14,19H,1-4,9-11H2,(H,28,31)/t13-,14+,19?. The van der Waals surface area contributed by atoms with Crippen LogP contribution in [-0.4, -0.2) is 56.7 Å². The first-order valence-corrected chi connectivity index (χ1v) is 11.8. The van der Waals surface area contributed by atoms with Crippen LogP contribution in [-0.2, 0) is 0 Å². The molecule has 6 rings (SSSR count). The van der Waals surface area contributed by atoms with Crippen molar-refractivity contribution in [1.82, 2.24) is 24.8 Å². The molecule has 2 bridgehead atoms. The number of alkyl halides is 3. The van der Waals surface area contributed by atoms with Gasteiger partial charge in [0.05, 0.1) is 11.9 Å². The fraction of sp³-hybridized carbons (Fsp3) is 0.545. The summed E-state index contributed by atoms with van der Waals surface area (Å²) >= 11 is 6.02. The summed E-state index contributed by atoms with van der Waals surface area (Å²) in [4.78, 5) is 6.85. The van der Waals surface area contributed by atoms with Crippen molar-refractivity contribution in [2.75, 3.05) is 29.9 Å². The molecule has 12 heteroatoms. The highest BCUT2D eigenvalue weighted by atomic mass is 35.5. The number of hydrogen-bond acceptors (Lipinski definition) is 7. The van der Waals surface area contributed by atoms with E-state index in [9.17, 15) is 13.2 Å². The molecule has 1 saturated heterocycles. The number of aromatic nitrogens is 5. The van der Waals surface area contributed by atoms with Crippen LogP contribution < -0.4 is 15.0 Å². The minimum absolute atomic E-state index is 0.0853. The average Bonchev–Trinajstić information content (AvgIpc) is 3.50. The van der Waals surface area contributed by atoms with E-state index < -0.39 is 12.8 Å². The van der Waals surface area contributed by atoms with Gasteiger partial charge in [0.1, 0.15) is 0 Å². The molecule has 8 nitrogen and oxygen atoms in total. The number of fused-ring (bicyclic) bond motifs is 3. The third kappa shape index (κ3) is 4.21. The monoisotopic (exact) mass is 493 g/mol. The van der Waals surface area contributed by atoms with Crippen molar-refractivity contribution >= 4 is 28.9 Å². The van der Waals surface area contributed by atoms with E-state index in [0.717, 1.165) is 50.2 Å². The minimum Gasteiger partial charge on any atom is -0.480 e. The normalized spacial score (nSPS) is 24.6. The topological polar surface area (TPSA) is 80.5 Å². The van der Waals surface area contributed by atoms with Crippen molar-refractivity contribution in [3.63, 3.8) is 0 Å². The molecule has 3 fully saturated rings. The second-order valence-corrected chi connectivity index (χ2v) is 9.77. The number of hydrogen-bond donors (Lipinski definition) is 1. The Hall–Kier alpha value is -2.82. The molecule has 3 aromatic heterocycles. The summed E-state index contributed by atoms with van der Waals surface area (Å²) in [5.74, 6) is 1.62. The van der Waals surface area contributed by atoms with Crippen LogP contribution in [0.25, 0.3) is 5.65 Å². The van der Waals surface area contributed by atoms with Gasteiger partial charge in [-0.05, 0) is 49.7 Å². The number of rotatable bonds is 6. The predicted molar refractivity (Wildman–Crippen MR) is 119 cm³/mol. The zero-order valence-electron chi connectivity index (χ0n) is 18.2. The summed E-state index contributed by atoms with van der Waals surface area (Å²) in [6.07, 6.45) is 1.53. The van der Waals surface area contributed by atoms with Crippen molar-refractivity contribution in [2.45, 2.75) is 43.8 Å². The summed E-state index contributed by atoms with van der Waals surface area (Å²) in [5, 5.41) is 16.3. The van der Waals surface area contributed by atoms with Crippen LogP contribution in [0.1, 0.15) is 37.3 Å². The van der Waals surface area contributed by atoms with Crippen LogP contribution in [0.15, 0.2) is 24.4 Å². The Morgan fingerprint density at radius 1 is 1.12 bits per heavy atom. The first-order chi connectivity index (χ1) is 16.3. The summed E-state index contributed by atoms with van der Waals surface area (Å²) in [5.41, 5.74) is 2.23. The number of nitrogens with zero attached hydrogens (tertiary/aromatic N) is 6. The Morgan fingerprint density at radius 2 is 1.88 bits per heavy atom. The van der Waals surface area contributed by atoms with Crippen molar-refractivity contribution in [1.29, 1.82) is 0 Å². The Kier molecular flexibility index (Phi) is 5.20. The second-order valence-electron chi connectivity index (χ2n) is 9.38. The molecule has 180 valence electrons. The van der Waals surface area contributed by atoms with Crippen molar-refractivity contribution in [2.24, 2.45) is 11.8 Å². The van der Waals surface area contributed by atoms with Gasteiger partial charge in [0.15, 0.2) is 23.2 Å². The van der Waals surface area contributed by atoms with Crippen molar-refractivity contribution < 1.29 is 17.9 Å².